The zero-order valence-electron chi connectivity index (χ0n) is 21.5. The van der Waals surface area contributed by atoms with Crippen LogP contribution in [0, 0.1) is 0 Å². The average molecular weight is 500 g/mol. The van der Waals surface area contributed by atoms with E-state index in [1.807, 2.05) is 31.1 Å². The topological polar surface area (TPSA) is 77.5 Å². The molecule has 0 aliphatic rings. The van der Waals surface area contributed by atoms with Crippen molar-refractivity contribution in [3.05, 3.63) is 29.8 Å². The number of carbonyl (C=O) groups excluding carboxylic acids is 1. The van der Waals surface area contributed by atoms with Crippen molar-refractivity contribution in [3.8, 4) is 5.75 Å². The largest absolute Gasteiger partial charge is 0.490 e. The summed E-state index contributed by atoms with van der Waals surface area (Å²) in [6.07, 6.45) is 13.9. The Kier molecular flexibility index (Phi) is 19.1. The third-order valence-corrected chi connectivity index (χ3v) is 6.31. The number of rotatable bonds is 23. The van der Waals surface area contributed by atoms with Gasteiger partial charge in [-0.1, -0.05) is 76.8 Å². The van der Waals surface area contributed by atoms with Crippen molar-refractivity contribution < 1.29 is 28.2 Å². The van der Waals surface area contributed by atoms with Crippen molar-refractivity contribution in [3.63, 3.8) is 0 Å². The van der Waals surface area contributed by atoms with Crippen molar-refractivity contribution in [2.45, 2.75) is 83.7 Å². The maximum Gasteiger partial charge on any atom is 0.330 e. The zero-order chi connectivity index (χ0) is 24.9. The lowest BCUT2D eigenvalue weighted by atomic mass is 10.0. The minimum Gasteiger partial charge on any atom is -0.490 e. The average Bonchev–Trinajstić information content (AvgIpc) is 2.82. The molecule has 0 spiro atoms. The van der Waals surface area contributed by atoms with Crippen LogP contribution in [0.3, 0.4) is 0 Å². The monoisotopic (exact) mass is 499 g/mol. The molecule has 0 amide bonds. The fraction of sp³-hybridized carbons (Fsp3) is 0.731. The summed E-state index contributed by atoms with van der Waals surface area (Å²) in [5, 5.41) is 0. The molecule has 1 aromatic carbocycles. The molecule has 7 nitrogen and oxygen atoms in total. The normalized spacial score (nSPS) is 13.1. The number of unbranched alkanes of at least 4 members (excludes halogenated alkanes) is 9. The molecule has 8 heteroatoms. The van der Waals surface area contributed by atoms with Gasteiger partial charge in [-0.05, 0) is 44.6 Å². The summed E-state index contributed by atoms with van der Waals surface area (Å²) >= 11 is 0. The molecule has 0 aliphatic heterocycles. The molecule has 0 fully saturated rings. The second kappa shape index (κ2) is 21.1. The van der Waals surface area contributed by atoms with E-state index in [2.05, 4.69) is 19.1 Å². The number of aryl methyl sites for hydroxylation is 1. The molecular weight excluding hydrogens is 453 g/mol. The highest BCUT2D eigenvalue weighted by Crippen LogP contribution is 2.32. The van der Waals surface area contributed by atoms with Crippen LogP contribution in [-0.4, -0.2) is 62.8 Å². The first-order valence-corrected chi connectivity index (χ1v) is 13.9. The van der Waals surface area contributed by atoms with Gasteiger partial charge in [-0.15, -0.1) is 0 Å². The highest BCUT2D eigenvalue weighted by molar-refractivity contribution is 7.40. The van der Waals surface area contributed by atoms with Crippen LogP contribution in [0.2, 0.25) is 0 Å². The van der Waals surface area contributed by atoms with Crippen molar-refractivity contribution in [2.24, 2.45) is 0 Å². The number of hydrogen-bond donors (Lipinski definition) is 1. The van der Waals surface area contributed by atoms with Gasteiger partial charge in [0, 0.05) is 6.54 Å². The van der Waals surface area contributed by atoms with E-state index in [1.165, 1.54) is 69.8 Å². The first kappa shape index (κ1) is 30.8. The van der Waals surface area contributed by atoms with Crippen LogP contribution in [0.1, 0.15) is 76.7 Å². The third-order valence-electron chi connectivity index (χ3n) is 5.54. The van der Waals surface area contributed by atoms with Gasteiger partial charge in [0.15, 0.2) is 6.10 Å². The van der Waals surface area contributed by atoms with E-state index in [1.54, 1.807) is 0 Å². The molecule has 1 aromatic rings. The lowest BCUT2D eigenvalue weighted by molar-refractivity contribution is -0.136. The number of benzene rings is 1. The Morgan fingerprint density at radius 1 is 0.912 bits per heavy atom. The number of nitrogens with zero attached hydrogens (tertiary/aromatic N) is 1. The summed E-state index contributed by atoms with van der Waals surface area (Å²) in [4.78, 5) is 22.5. The van der Waals surface area contributed by atoms with Crippen LogP contribution in [-0.2, 0) is 25.0 Å². The van der Waals surface area contributed by atoms with Gasteiger partial charge >= 0.3 is 8.60 Å². The Morgan fingerprint density at radius 2 is 1.53 bits per heavy atom. The van der Waals surface area contributed by atoms with Crippen LogP contribution in [0.15, 0.2) is 24.3 Å². The first-order chi connectivity index (χ1) is 16.5. The predicted molar refractivity (Wildman–Crippen MR) is 138 cm³/mol. The van der Waals surface area contributed by atoms with Crippen LogP contribution in [0.25, 0.3) is 0 Å². The van der Waals surface area contributed by atoms with E-state index in [4.69, 9.17) is 18.5 Å². The van der Waals surface area contributed by atoms with E-state index >= 15 is 0 Å². The molecule has 0 aromatic heterocycles. The SMILES string of the molecule is CCCCCCCCCCCCc1ccc(OCC(COP(O)OCCN(C)C)OC=O)cc1. The second-order valence-corrected chi connectivity index (χ2v) is 9.90. The number of ether oxygens (including phenoxy) is 2. The highest BCUT2D eigenvalue weighted by atomic mass is 31.2. The van der Waals surface area contributed by atoms with Crippen molar-refractivity contribution in [2.75, 3.05) is 40.5 Å². The number of likely N-dealkylation sites (N-methyl/N-ethyl adjacent to an activating group) is 1. The van der Waals surface area contributed by atoms with Crippen LogP contribution in [0.5, 0.6) is 5.75 Å². The lowest BCUT2D eigenvalue weighted by Crippen LogP contribution is -2.26. The van der Waals surface area contributed by atoms with Crippen molar-refractivity contribution in [1.82, 2.24) is 4.90 Å². The minimum atomic E-state index is -2.02. The maximum atomic E-state index is 10.8. The van der Waals surface area contributed by atoms with Gasteiger partial charge < -0.3 is 28.3 Å². The number of carbonyl (C=O) groups is 1. The van der Waals surface area contributed by atoms with Gasteiger partial charge in [0.2, 0.25) is 0 Å². The molecule has 2 atom stereocenters. The fourth-order valence-electron chi connectivity index (χ4n) is 3.45. The summed E-state index contributed by atoms with van der Waals surface area (Å²) in [6, 6.07) is 8.04. The summed E-state index contributed by atoms with van der Waals surface area (Å²) in [5.74, 6) is 0.708. The molecule has 0 saturated carbocycles. The second-order valence-electron chi connectivity index (χ2n) is 8.91. The Labute approximate surface area is 208 Å². The fourth-order valence-corrected chi connectivity index (χ4v) is 4.06. The van der Waals surface area contributed by atoms with Gasteiger partial charge in [-0.25, -0.2) is 0 Å². The smallest absolute Gasteiger partial charge is 0.330 e. The van der Waals surface area contributed by atoms with Crippen LogP contribution in [0.4, 0.5) is 0 Å². The first-order valence-electron chi connectivity index (χ1n) is 12.8. The predicted octanol–water partition coefficient (Wildman–Crippen LogP) is 5.88. The molecule has 0 aliphatic carbocycles. The Bertz CT molecular complexity index is 601. The quantitative estimate of drug-likeness (QED) is 0.114. The van der Waals surface area contributed by atoms with Crippen molar-refractivity contribution >= 4 is 15.1 Å². The van der Waals surface area contributed by atoms with E-state index in [-0.39, 0.29) is 13.2 Å². The molecule has 0 bridgehead atoms. The molecule has 2 unspecified atom stereocenters. The van der Waals surface area contributed by atoms with E-state index in [9.17, 15) is 9.69 Å². The lowest BCUT2D eigenvalue weighted by Gasteiger charge is -2.18. The summed E-state index contributed by atoms with van der Waals surface area (Å²) < 4.78 is 21.2. The molecule has 0 heterocycles. The van der Waals surface area contributed by atoms with Crippen molar-refractivity contribution in [1.29, 1.82) is 0 Å². The molecule has 1 rings (SSSR count). The van der Waals surface area contributed by atoms with E-state index < -0.39 is 14.7 Å². The summed E-state index contributed by atoms with van der Waals surface area (Å²) in [5.41, 5.74) is 1.30. The minimum absolute atomic E-state index is 0.000266. The molecule has 0 radical (unpaired) electrons. The summed E-state index contributed by atoms with van der Waals surface area (Å²) in [6.45, 7) is 3.79. The van der Waals surface area contributed by atoms with E-state index in [0.29, 0.717) is 25.4 Å². The maximum absolute atomic E-state index is 10.8. The Hall–Kier alpha value is -1.24. The number of hydrogen-bond acceptors (Lipinski definition) is 7. The van der Waals surface area contributed by atoms with Gasteiger partial charge in [-0.2, -0.15) is 0 Å². The van der Waals surface area contributed by atoms with Gasteiger partial charge in [-0.3, -0.25) is 4.79 Å². The van der Waals surface area contributed by atoms with Gasteiger partial charge in [0.05, 0.1) is 13.2 Å². The van der Waals surface area contributed by atoms with Crippen LogP contribution >= 0.6 is 8.60 Å². The molecular formula is C26H46NO6P. The Morgan fingerprint density at radius 3 is 2.12 bits per heavy atom. The van der Waals surface area contributed by atoms with E-state index in [0.717, 1.165) is 6.42 Å². The zero-order valence-corrected chi connectivity index (χ0v) is 22.3. The highest BCUT2D eigenvalue weighted by Gasteiger charge is 2.16. The molecule has 196 valence electrons. The van der Waals surface area contributed by atoms with Crippen LogP contribution < -0.4 is 4.74 Å². The molecule has 34 heavy (non-hydrogen) atoms. The summed E-state index contributed by atoms with van der Waals surface area (Å²) in [7, 11) is 1.82. The molecule has 1 N–H and O–H groups in total. The standard InChI is InChI=1S/C26H46NO6P/c1-4-5-6-7-8-9-10-11-12-13-14-24-15-17-25(18-16-24)30-21-26(31-23-28)22-33-34(29)32-20-19-27(2)3/h15-18,23,26,29H,4-14,19-22H2,1-3H3. The van der Waals surface area contributed by atoms with Gasteiger partial charge in [0.1, 0.15) is 12.4 Å². The molecule has 0 saturated heterocycles. The Balaban J connectivity index is 2.18. The van der Waals surface area contributed by atoms with Gasteiger partial charge in [0.25, 0.3) is 6.47 Å². The third kappa shape index (κ3) is 17.2.